The number of rotatable bonds is 7. The molecule has 3 heteroatoms. The molecule has 0 unspecified atom stereocenters. The second kappa shape index (κ2) is 8.16. The van der Waals surface area contributed by atoms with E-state index in [1.54, 1.807) is 0 Å². The Morgan fingerprint density at radius 1 is 1.25 bits per heavy atom. The maximum absolute atomic E-state index is 3.59. The molecule has 1 fully saturated rings. The lowest BCUT2D eigenvalue weighted by Gasteiger charge is -2.31. The SMILES string of the molecule is Cc1cc(CNCCCN(C)C2CCCCC2)c(C)s1. The zero-order chi connectivity index (χ0) is 14.4. The van der Waals surface area contributed by atoms with Crippen LogP contribution in [0.2, 0.25) is 0 Å². The monoisotopic (exact) mass is 294 g/mol. The lowest BCUT2D eigenvalue weighted by Crippen LogP contribution is -2.35. The molecule has 1 saturated carbocycles. The molecule has 0 amide bonds. The molecule has 1 aromatic heterocycles. The summed E-state index contributed by atoms with van der Waals surface area (Å²) < 4.78 is 0. The molecule has 0 radical (unpaired) electrons. The lowest BCUT2D eigenvalue weighted by atomic mass is 9.94. The van der Waals surface area contributed by atoms with E-state index >= 15 is 0 Å². The van der Waals surface area contributed by atoms with Gasteiger partial charge in [-0.15, -0.1) is 11.3 Å². The Hall–Kier alpha value is -0.380. The molecule has 1 N–H and O–H groups in total. The van der Waals surface area contributed by atoms with Crippen molar-refractivity contribution in [2.45, 2.75) is 65.0 Å². The second-order valence-electron chi connectivity index (χ2n) is 6.24. The fraction of sp³-hybridized carbons (Fsp3) is 0.765. The number of nitrogens with one attached hydrogen (secondary N) is 1. The molecule has 1 aromatic rings. The molecular weight excluding hydrogens is 264 g/mol. The van der Waals surface area contributed by atoms with E-state index in [1.807, 2.05) is 11.3 Å². The van der Waals surface area contributed by atoms with Crippen molar-refractivity contribution in [1.82, 2.24) is 10.2 Å². The first kappa shape index (κ1) is 16.0. The summed E-state index contributed by atoms with van der Waals surface area (Å²) in [6.07, 6.45) is 8.41. The van der Waals surface area contributed by atoms with E-state index in [9.17, 15) is 0 Å². The molecule has 0 spiro atoms. The molecule has 0 bridgehead atoms. The highest BCUT2D eigenvalue weighted by molar-refractivity contribution is 7.12. The molecule has 0 saturated heterocycles. The number of hydrogen-bond acceptors (Lipinski definition) is 3. The number of hydrogen-bond donors (Lipinski definition) is 1. The fourth-order valence-electron chi connectivity index (χ4n) is 3.24. The van der Waals surface area contributed by atoms with Crippen LogP contribution in [0.1, 0.15) is 53.8 Å². The number of thiophene rings is 1. The van der Waals surface area contributed by atoms with Crippen molar-refractivity contribution < 1.29 is 0 Å². The van der Waals surface area contributed by atoms with Gasteiger partial charge in [-0.3, -0.25) is 0 Å². The highest BCUT2D eigenvalue weighted by Gasteiger charge is 2.17. The van der Waals surface area contributed by atoms with Gasteiger partial charge < -0.3 is 10.2 Å². The predicted octanol–water partition coefficient (Wildman–Crippen LogP) is 4.11. The smallest absolute Gasteiger partial charge is 0.0216 e. The van der Waals surface area contributed by atoms with Crippen LogP contribution in [0.3, 0.4) is 0 Å². The van der Waals surface area contributed by atoms with Crippen molar-refractivity contribution in [3.8, 4) is 0 Å². The van der Waals surface area contributed by atoms with Crippen molar-refractivity contribution in [2.24, 2.45) is 0 Å². The Labute approximate surface area is 128 Å². The quantitative estimate of drug-likeness (QED) is 0.761. The third-order valence-corrected chi connectivity index (χ3v) is 5.53. The molecule has 114 valence electrons. The van der Waals surface area contributed by atoms with Crippen molar-refractivity contribution in [2.75, 3.05) is 20.1 Å². The van der Waals surface area contributed by atoms with E-state index in [0.29, 0.717) is 0 Å². The molecule has 0 aliphatic heterocycles. The number of aryl methyl sites for hydroxylation is 2. The fourth-order valence-corrected chi connectivity index (χ4v) is 4.19. The van der Waals surface area contributed by atoms with E-state index in [2.05, 4.69) is 37.2 Å². The highest BCUT2D eigenvalue weighted by Crippen LogP contribution is 2.22. The minimum atomic E-state index is 0.852. The molecular formula is C17H30N2S. The van der Waals surface area contributed by atoms with Gasteiger partial charge in [-0.1, -0.05) is 19.3 Å². The molecule has 1 aliphatic carbocycles. The van der Waals surface area contributed by atoms with Crippen LogP contribution in [0, 0.1) is 13.8 Å². The minimum absolute atomic E-state index is 0.852. The summed E-state index contributed by atoms with van der Waals surface area (Å²) in [5.74, 6) is 0. The predicted molar refractivity (Wildman–Crippen MR) is 89.6 cm³/mol. The summed E-state index contributed by atoms with van der Waals surface area (Å²) in [6.45, 7) is 7.82. The van der Waals surface area contributed by atoms with Gasteiger partial charge in [0.2, 0.25) is 0 Å². The third kappa shape index (κ3) is 4.87. The molecule has 0 aromatic carbocycles. The van der Waals surface area contributed by atoms with Gasteiger partial charge in [0.1, 0.15) is 0 Å². The second-order valence-corrected chi connectivity index (χ2v) is 7.70. The van der Waals surface area contributed by atoms with Crippen molar-refractivity contribution >= 4 is 11.3 Å². The van der Waals surface area contributed by atoms with Crippen LogP contribution < -0.4 is 5.32 Å². The van der Waals surface area contributed by atoms with Crippen LogP contribution in [-0.2, 0) is 6.54 Å². The Morgan fingerprint density at radius 3 is 2.65 bits per heavy atom. The molecule has 1 heterocycles. The summed E-state index contributed by atoms with van der Waals surface area (Å²) in [4.78, 5) is 5.48. The molecule has 2 nitrogen and oxygen atoms in total. The van der Waals surface area contributed by atoms with E-state index in [-0.39, 0.29) is 0 Å². The van der Waals surface area contributed by atoms with Gasteiger partial charge >= 0.3 is 0 Å². The zero-order valence-electron chi connectivity index (χ0n) is 13.4. The first-order chi connectivity index (χ1) is 9.66. The normalized spacial score (nSPS) is 17.0. The van der Waals surface area contributed by atoms with E-state index < -0.39 is 0 Å². The van der Waals surface area contributed by atoms with E-state index in [1.165, 1.54) is 60.4 Å². The third-order valence-electron chi connectivity index (χ3n) is 4.52. The van der Waals surface area contributed by atoms with Crippen LogP contribution in [0.25, 0.3) is 0 Å². The van der Waals surface area contributed by atoms with Gasteiger partial charge in [-0.05, 0) is 64.9 Å². The van der Waals surface area contributed by atoms with E-state index in [4.69, 9.17) is 0 Å². The minimum Gasteiger partial charge on any atom is -0.313 e. The molecule has 2 rings (SSSR count). The summed E-state index contributed by atoms with van der Waals surface area (Å²) in [5.41, 5.74) is 1.48. The van der Waals surface area contributed by atoms with Crippen LogP contribution in [0.4, 0.5) is 0 Å². The van der Waals surface area contributed by atoms with Crippen LogP contribution in [0.5, 0.6) is 0 Å². The topological polar surface area (TPSA) is 15.3 Å². The largest absolute Gasteiger partial charge is 0.313 e. The summed E-state index contributed by atoms with van der Waals surface area (Å²) in [7, 11) is 2.31. The summed E-state index contributed by atoms with van der Waals surface area (Å²) >= 11 is 1.91. The van der Waals surface area contributed by atoms with Crippen LogP contribution in [-0.4, -0.2) is 31.1 Å². The Kier molecular flexibility index (Phi) is 6.53. The lowest BCUT2D eigenvalue weighted by molar-refractivity contribution is 0.189. The van der Waals surface area contributed by atoms with E-state index in [0.717, 1.165) is 19.1 Å². The van der Waals surface area contributed by atoms with Gasteiger partial charge in [0.15, 0.2) is 0 Å². The van der Waals surface area contributed by atoms with Crippen molar-refractivity contribution in [3.05, 3.63) is 21.4 Å². The highest BCUT2D eigenvalue weighted by atomic mass is 32.1. The summed E-state index contributed by atoms with van der Waals surface area (Å²) in [5, 5.41) is 3.59. The Bertz CT molecular complexity index is 394. The molecule has 1 aliphatic rings. The van der Waals surface area contributed by atoms with Gasteiger partial charge in [0.05, 0.1) is 0 Å². The van der Waals surface area contributed by atoms with Crippen molar-refractivity contribution in [3.63, 3.8) is 0 Å². The summed E-state index contributed by atoms with van der Waals surface area (Å²) in [6, 6.07) is 3.17. The van der Waals surface area contributed by atoms with Crippen LogP contribution in [0.15, 0.2) is 6.07 Å². The van der Waals surface area contributed by atoms with Gasteiger partial charge in [-0.25, -0.2) is 0 Å². The number of nitrogens with zero attached hydrogens (tertiary/aromatic N) is 1. The van der Waals surface area contributed by atoms with Crippen molar-refractivity contribution in [1.29, 1.82) is 0 Å². The molecule has 20 heavy (non-hydrogen) atoms. The standard InChI is InChI=1S/C17H30N2S/c1-14-12-16(15(2)20-14)13-18-10-7-11-19(3)17-8-5-4-6-9-17/h12,17-18H,4-11,13H2,1-3H3. The Balaban J connectivity index is 1.58. The van der Waals surface area contributed by atoms with Gasteiger partial charge in [0, 0.05) is 22.3 Å². The zero-order valence-corrected chi connectivity index (χ0v) is 14.2. The average molecular weight is 295 g/mol. The maximum atomic E-state index is 3.59. The first-order valence-corrected chi connectivity index (χ1v) is 8.95. The first-order valence-electron chi connectivity index (χ1n) is 8.13. The van der Waals surface area contributed by atoms with Gasteiger partial charge in [0.25, 0.3) is 0 Å². The van der Waals surface area contributed by atoms with Crippen LogP contribution >= 0.6 is 11.3 Å². The molecule has 0 atom stereocenters. The Morgan fingerprint density at radius 2 is 2.00 bits per heavy atom. The van der Waals surface area contributed by atoms with Gasteiger partial charge in [-0.2, -0.15) is 0 Å². The average Bonchev–Trinajstić information content (AvgIpc) is 2.77. The maximum Gasteiger partial charge on any atom is 0.0216 e.